The van der Waals surface area contributed by atoms with Crippen molar-refractivity contribution in [3.05, 3.63) is 58.9 Å². The zero-order chi connectivity index (χ0) is 26.9. The van der Waals surface area contributed by atoms with Crippen LogP contribution in [0.2, 0.25) is 0 Å². The van der Waals surface area contributed by atoms with Gasteiger partial charge in [-0.3, -0.25) is 9.78 Å². The Kier molecular flexibility index (Phi) is 7.25. The minimum Gasteiger partial charge on any atom is -0.489 e. The minimum atomic E-state index is -0.597. The maximum absolute atomic E-state index is 13.2. The molecule has 1 aromatic carbocycles. The van der Waals surface area contributed by atoms with Crippen LogP contribution in [0.5, 0.6) is 5.75 Å². The molecule has 3 aromatic heterocycles. The number of hydrogen-bond donors (Lipinski definition) is 1. The first-order chi connectivity index (χ1) is 17.4. The molecule has 4 rings (SSSR count). The normalized spacial score (nSPS) is 12.8. The number of ether oxygens (including phenoxy) is 2. The minimum absolute atomic E-state index is 0.116. The van der Waals surface area contributed by atoms with E-state index in [1.807, 2.05) is 58.2 Å². The van der Waals surface area contributed by atoms with E-state index < -0.39 is 11.7 Å². The zero-order valence-electron chi connectivity index (χ0n) is 22.5. The first kappa shape index (κ1) is 26.2. The van der Waals surface area contributed by atoms with E-state index in [0.29, 0.717) is 29.2 Å². The molecule has 0 aliphatic heterocycles. The van der Waals surface area contributed by atoms with Gasteiger partial charge in [-0.1, -0.05) is 13.8 Å². The van der Waals surface area contributed by atoms with Crippen molar-refractivity contribution in [2.75, 3.05) is 6.61 Å². The molecule has 0 bridgehead atoms. The van der Waals surface area contributed by atoms with Crippen molar-refractivity contribution >= 4 is 27.8 Å². The van der Waals surface area contributed by atoms with Gasteiger partial charge in [-0.25, -0.2) is 9.48 Å². The van der Waals surface area contributed by atoms with Gasteiger partial charge >= 0.3 is 6.09 Å². The lowest BCUT2D eigenvalue weighted by Crippen LogP contribution is -2.42. The van der Waals surface area contributed by atoms with Crippen molar-refractivity contribution < 1.29 is 14.3 Å². The second-order valence-electron chi connectivity index (χ2n) is 10.8. The Morgan fingerprint density at radius 1 is 1.16 bits per heavy atom. The number of pyridine rings is 2. The summed E-state index contributed by atoms with van der Waals surface area (Å²) in [4.78, 5) is 30.0. The van der Waals surface area contributed by atoms with E-state index >= 15 is 0 Å². The van der Waals surface area contributed by atoms with Crippen molar-refractivity contribution in [3.8, 4) is 11.4 Å². The van der Waals surface area contributed by atoms with Crippen molar-refractivity contribution in [1.82, 2.24) is 24.6 Å². The molecule has 0 spiro atoms. The van der Waals surface area contributed by atoms with Gasteiger partial charge in [0.2, 0.25) is 0 Å². The molecule has 9 heteroatoms. The number of rotatable bonds is 7. The lowest BCUT2D eigenvalue weighted by atomic mass is 10.0. The Hall–Kier alpha value is -3.88. The largest absolute Gasteiger partial charge is 0.489 e. The molecule has 1 unspecified atom stereocenters. The first-order valence-corrected chi connectivity index (χ1v) is 12.5. The fourth-order valence-corrected chi connectivity index (χ4v) is 4.50. The van der Waals surface area contributed by atoms with Crippen LogP contribution in [0.3, 0.4) is 0 Å². The SMILES string of the molecule is Cc1nccc2c1c(=O)n(C)c1cc(OCC(CC(C)C)NC(=O)OC(C)(C)C)c(-n3cccn3)cc21. The molecular formula is C28H35N5O4. The number of hydrogen-bond acceptors (Lipinski definition) is 6. The number of amides is 1. The molecule has 1 amide bonds. The Labute approximate surface area is 216 Å². The molecule has 0 saturated heterocycles. The summed E-state index contributed by atoms with van der Waals surface area (Å²) in [5, 5.41) is 9.69. The van der Waals surface area contributed by atoms with Crippen LogP contribution in [0.4, 0.5) is 4.79 Å². The quantitative estimate of drug-likeness (QED) is 0.359. The fraction of sp³-hybridized carbons (Fsp3) is 0.429. The van der Waals surface area contributed by atoms with Crippen molar-refractivity contribution in [2.24, 2.45) is 13.0 Å². The number of carbonyl (C=O) groups is 1. The summed E-state index contributed by atoms with van der Waals surface area (Å²) >= 11 is 0. The molecule has 1 N–H and O–H groups in total. The highest BCUT2D eigenvalue weighted by molar-refractivity contribution is 6.07. The van der Waals surface area contributed by atoms with E-state index in [9.17, 15) is 9.59 Å². The lowest BCUT2D eigenvalue weighted by Gasteiger charge is -2.25. The molecule has 1 atom stereocenters. The average Bonchev–Trinajstić information content (AvgIpc) is 3.33. The first-order valence-electron chi connectivity index (χ1n) is 12.5. The predicted octanol–water partition coefficient (Wildman–Crippen LogP) is 4.90. The summed E-state index contributed by atoms with van der Waals surface area (Å²) in [7, 11) is 1.75. The Balaban J connectivity index is 1.77. The third-order valence-electron chi connectivity index (χ3n) is 6.06. The number of aryl methyl sites for hydroxylation is 2. The predicted molar refractivity (Wildman–Crippen MR) is 144 cm³/mol. The van der Waals surface area contributed by atoms with Crippen LogP contribution in [0.15, 0.2) is 47.7 Å². The highest BCUT2D eigenvalue weighted by atomic mass is 16.6. The molecule has 9 nitrogen and oxygen atoms in total. The molecule has 4 aromatic rings. The number of alkyl carbamates (subject to hydrolysis) is 1. The molecule has 0 aliphatic rings. The Morgan fingerprint density at radius 3 is 2.57 bits per heavy atom. The zero-order valence-corrected chi connectivity index (χ0v) is 22.5. The fourth-order valence-electron chi connectivity index (χ4n) is 4.50. The van der Waals surface area contributed by atoms with Gasteiger partial charge in [0.1, 0.15) is 23.6 Å². The van der Waals surface area contributed by atoms with E-state index in [4.69, 9.17) is 9.47 Å². The topological polar surface area (TPSA) is 100 Å². The van der Waals surface area contributed by atoms with Crippen LogP contribution < -0.4 is 15.6 Å². The standard InChI is InChI=1S/C28H35N5O4/c1-17(2)13-19(31-27(35)37-28(4,5)6)16-36-24-15-22-21(14-23(24)33-12-8-10-30-33)20-9-11-29-18(3)25(20)26(34)32(22)7/h8-12,14-15,17,19H,13,16H2,1-7H3,(H,31,35). The van der Waals surface area contributed by atoms with E-state index in [0.717, 1.165) is 22.0 Å². The monoisotopic (exact) mass is 505 g/mol. The van der Waals surface area contributed by atoms with Gasteiger partial charge in [0.15, 0.2) is 0 Å². The van der Waals surface area contributed by atoms with Gasteiger partial charge in [-0.2, -0.15) is 5.10 Å². The maximum Gasteiger partial charge on any atom is 0.407 e. The number of nitrogens with one attached hydrogen (secondary N) is 1. The van der Waals surface area contributed by atoms with Crippen molar-refractivity contribution in [2.45, 2.75) is 59.6 Å². The Morgan fingerprint density at radius 2 is 1.92 bits per heavy atom. The summed E-state index contributed by atoms with van der Waals surface area (Å²) < 4.78 is 15.1. The smallest absolute Gasteiger partial charge is 0.407 e. The van der Waals surface area contributed by atoms with Crippen LogP contribution in [-0.2, 0) is 11.8 Å². The highest BCUT2D eigenvalue weighted by Gasteiger charge is 2.22. The van der Waals surface area contributed by atoms with Gasteiger partial charge in [-0.15, -0.1) is 0 Å². The average molecular weight is 506 g/mol. The Bertz CT molecular complexity index is 1480. The van der Waals surface area contributed by atoms with E-state index in [2.05, 4.69) is 29.2 Å². The third kappa shape index (κ3) is 5.76. The van der Waals surface area contributed by atoms with Gasteiger partial charge in [0.25, 0.3) is 5.56 Å². The van der Waals surface area contributed by atoms with Gasteiger partial charge in [0, 0.05) is 37.1 Å². The molecule has 0 fully saturated rings. The van der Waals surface area contributed by atoms with Gasteiger partial charge < -0.3 is 19.4 Å². The van der Waals surface area contributed by atoms with Gasteiger partial charge in [0.05, 0.1) is 22.6 Å². The second kappa shape index (κ2) is 10.2. The molecule has 0 saturated carbocycles. The number of carbonyl (C=O) groups excluding carboxylic acids is 1. The molecular weight excluding hydrogens is 470 g/mol. The van der Waals surface area contributed by atoms with E-state index in [1.165, 1.54) is 0 Å². The summed E-state index contributed by atoms with van der Waals surface area (Å²) in [5.41, 5.74) is 1.43. The van der Waals surface area contributed by atoms with Crippen LogP contribution >= 0.6 is 0 Å². The molecule has 0 radical (unpaired) electrons. The second-order valence-corrected chi connectivity index (χ2v) is 10.8. The van der Waals surface area contributed by atoms with Crippen LogP contribution in [-0.4, -0.2) is 43.7 Å². The van der Waals surface area contributed by atoms with Crippen LogP contribution in [0, 0.1) is 12.8 Å². The van der Waals surface area contributed by atoms with Gasteiger partial charge in [-0.05, 0) is 63.6 Å². The summed E-state index contributed by atoms with van der Waals surface area (Å²) in [6.45, 7) is 11.7. The van der Waals surface area contributed by atoms with Crippen molar-refractivity contribution in [3.63, 3.8) is 0 Å². The number of fused-ring (bicyclic) bond motifs is 3. The highest BCUT2D eigenvalue weighted by Crippen LogP contribution is 2.32. The van der Waals surface area contributed by atoms with Crippen molar-refractivity contribution in [1.29, 1.82) is 0 Å². The molecule has 3 heterocycles. The summed E-state index contributed by atoms with van der Waals surface area (Å²) in [6.07, 6.45) is 5.49. The lowest BCUT2D eigenvalue weighted by molar-refractivity contribution is 0.0480. The molecule has 196 valence electrons. The number of nitrogens with zero attached hydrogens (tertiary/aromatic N) is 4. The number of aromatic nitrogens is 4. The van der Waals surface area contributed by atoms with Crippen LogP contribution in [0.25, 0.3) is 27.4 Å². The van der Waals surface area contributed by atoms with E-state index in [1.54, 1.807) is 28.7 Å². The maximum atomic E-state index is 13.2. The third-order valence-corrected chi connectivity index (χ3v) is 6.06. The van der Waals surface area contributed by atoms with Crippen LogP contribution in [0.1, 0.15) is 46.7 Å². The summed E-state index contributed by atoms with van der Waals surface area (Å²) in [5.74, 6) is 0.880. The molecule has 0 aliphatic carbocycles. The molecule has 37 heavy (non-hydrogen) atoms. The number of benzene rings is 1. The van der Waals surface area contributed by atoms with E-state index in [-0.39, 0.29) is 18.2 Å². The summed E-state index contributed by atoms with van der Waals surface area (Å²) in [6, 6.07) is 7.28.